The van der Waals surface area contributed by atoms with Gasteiger partial charge in [-0.05, 0) is 0 Å². The van der Waals surface area contributed by atoms with E-state index < -0.39 is 36.6 Å². The van der Waals surface area contributed by atoms with Crippen LogP contribution in [-0.2, 0) is 14.3 Å². The van der Waals surface area contributed by atoms with Crippen molar-refractivity contribution in [2.45, 2.75) is 24.1 Å². The molecule has 0 aliphatic carbocycles. The molecule has 17 heavy (non-hydrogen) atoms. The molecule has 1 fully saturated rings. The molecule has 3 nitrogen and oxygen atoms in total. The first-order chi connectivity index (χ1) is 7.35. The lowest BCUT2D eigenvalue weighted by Gasteiger charge is -2.41. The van der Waals surface area contributed by atoms with Crippen LogP contribution in [0.3, 0.4) is 0 Å². The van der Waals surface area contributed by atoms with Gasteiger partial charge in [-0.2, -0.15) is 35.1 Å². The molecular formula is C6H2F8O3. The number of rotatable bonds is 0. The molecule has 0 aromatic carbocycles. The Kier molecular flexibility index (Phi) is 2.81. The van der Waals surface area contributed by atoms with Crippen molar-refractivity contribution < 1.29 is 49.4 Å². The van der Waals surface area contributed by atoms with E-state index in [2.05, 4.69) is 9.47 Å². The molecule has 1 heterocycles. The molecule has 0 bridgehead atoms. The lowest BCUT2D eigenvalue weighted by Crippen LogP contribution is -2.70. The predicted molar refractivity (Wildman–Crippen MR) is 31.8 cm³/mol. The zero-order valence-corrected chi connectivity index (χ0v) is 7.46. The Morgan fingerprint density at radius 2 is 1.35 bits per heavy atom. The summed E-state index contributed by atoms with van der Waals surface area (Å²) in [5.74, 6) is -13.8. The molecule has 0 spiro atoms. The normalized spacial score (nSPS) is 35.6. The van der Waals surface area contributed by atoms with E-state index in [4.69, 9.17) is 0 Å². The summed E-state index contributed by atoms with van der Waals surface area (Å²) >= 11 is 0. The average Bonchev–Trinajstić information content (AvgIpc) is 2.08. The standard InChI is InChI=1S/C6H2F8O3/c7-3(5(9,10)11)4(8,6(12,13)14)17-2(15)1-16-3/h1H2/t3-,4?/m1/s1. The minimum atomic E-state index is -6.45. The van der Waals surface area contributed by atoms with Crippen LogP contribution in [-0.4, -0.2) is 36.6 Å². The zero-order chi connectivity index (χ0) is 13.7. The average molecular weight is 274 g/mol. The van der Waals surface area contributed by atoms with Crippen molar-refractivity contribution in [3.63, 3.8) is 0 Å². The minimum absolute atomic E-state index is 1.79. The van der Waals surface area contributed by atoms with Gasteiger partial charge in [0.05, 0.1) is 0 Å². The van der Waals surface area contributed by atoms with Crippen molar-refractivity contribution >= 4 is 5.97 Å². The van der Waals surface area contributed by atoms with Crippen LogP contribution < -0.4 is 0 Å². The number of esters is 1. The summed E-state index contributed by atoms with van der Waals surface area (Å²) < 4.78 is 104. The van der Waals surface area contributed by atoms with Gasteiger partial charge < -0.3 is 9.47 Å². The van der Waals surface area contributed by atoms with Crippen molar-refractivity contribution in [1.29, 1.82) is 0 Å². The van der Waals surface area contributed by atoms with Gasteiger partial charge in [0.25, 0.3) is 0 Å². The van der Waals surface area contributed by atoms with Crippen molar-refractivity contribution in [2.75, 3.05) is 6.61 Å². The number of cyclic esters (lactones) is 1. The molecule has 0 N–H and O–H groups in total. The van der Waals surface area contributed by atoms with Crippen LogP contribution in [0, 0.1) is 0 Å². The van der Waals surface area contributed by atoms with E-state index >= 15 is 0 Å². The first kappa shape index (κ1) is 13.9. The van der Waals surface area contributed by atoms with Crippen LogP contribution in [0.4, 0.5) is 35.1 Å². The van der Waals surface area contributed by atoms with Crippen molar-refractivity contribution in [1.82, 2.24) is 0 Å². The second-order valence-corrected chi connectivity index (χ2v) is 2.95. The highest BCUT2D eigenvalue weighted by atomic mass is 19.4. The van der Waals surface area contributed by atoms with Crippen molar-refractivity contribution in [3.8, 4) is 0 Å². The second-order valence-electron chi connectivity index (χ2n) is 2.95. The fourth-order valence-electron chi connectivity index (χ4n) is 1.01. The summed E-state index contributed by atoms with van der Waals surface area (Å²) in [7, 11) is 0. The first-order valence-corrected chi connectivity index (χ1v) is 3.72. The Balaban J connectivity index is 3.33. The van der Waals surface area contributed by atoms with Crippen LogP contribution in [0.1, 0.15) is 0 Å². The SMILES string of the molecule is O=C1CO[C@@](F)(C(F)(F)F)C(F)(C(F)(F)F)O1. The van der Waals surface area contributed by atoms with Gasteiger partial charge in [0.15, 0.2) is 0 Å². The largest absolute Gasteiger partial charge is 0.467 e. The monoisotopic (exact) mass is 274 g/mol. The molecule has 1 aliphatic heterocycles. The molecule has 100 valence electrons. The molecule has 1 aliphatic rings. The Hall–Kier alpha value is -1.13. The summed E-state index contributed by atoms with van der Waals surface area (Å²) in [5, 5.41) is 0. The lowest BCUT2D eigenvalue weighted by atomic mass is 10.1. The fraction of sp³-hybridized carbons (Fsp3) is 0.833. The maximum Gasteiger partial charge on any atom is 0.467 e. The van der Waals surface area contributed by atoms with Crippen LogP contribution in [0.2, 0.25) is 0 Å². The molecule has 1 rings (SSSR count). The highest BCUT2D eigenvalue weighted by Crippen LogP contribution is 2.54. The molecule has 0 amide bonds. The smallest absolute Gasteiger partial charge is 0.413 e. The summed E-state index contributed by atoms with van der Waals surface area (Å²) in [4.78, 5) is 10.3. The molecule has 1 saturated heterocycles. The number of ether oxygens (including phenoxy) is 2. The number of hydrogen-bond donors (Lipinski definition) is 0. The second kappa shape index (κ2) is 3.43. The van der Waals surface area contributed by atoms with E-state index in [-0.39, 0.29) is 0 Å². The molecule has 2 atom stereocenters. The fourth-order valence-corrected chi connectivity index (χ4v) is 1.01. The van der Waals surface area contributed by atoms with Gasteiger partial charge in [0.2, 0.25) is 0 Å². The summed E-state index contributed by atoms with van der Waals surface area (Å²) in [6, 6.07) is 0. The van der Waals surface area contributed by atoms with E-state index in [1.807, 2.05) is 0 Å². The van der Waals surface area contributed by atoms with Crippen molar-refractivity contribution in [3.05, 3.63) is 0 Å². The van der Waals surface area contributed by atoms with Crippen LogP contribution in [0.25, 0.3) is 0 Å². The van der Waals surface area contributed by atoms with Gasteiger partial charge in [0.1, 0.15) is 6.61 Å². The Morgan fingerprint density at radius 1 is 0.941 bits per heavy atom. The Morgan fingerprint density at radius 3 is 1.71 bits per heavy atom. The van der Waals surface area contributed by atoms with Crippen LogP contribution in [0.5, 0.6) is 0 Å². The van der Waals surface area contributed by atoms with Gasteiger partial charge in [-0.3, -0.25) is 0 Å². The van der Waals surface area contributed by atoms with Crippen LogP contribution in [0.15, 0.2) is 0 Å². The minimum Gasteiger partial charge on any atom is -0.413 e. The summed E-state index contributed by atoms with van der Waals surface area (Å²) in [6.07, 6.45) is -12.8. The van der Waals surface area contributed by atoms with Gasteiger partial charge >= 0.3 is 30.0 Å². The quantitative estimate of drug-likeness (QED) is 0.500. The maximum absolute atomic E-state index is 13.1. The zero-order valence-electron chi connectivity index (χ0n) is 7.46. The number of halogens is 8. The number of carbonyl (C=O) groups excluding carboxylic acids is 1. The van der Waals surface area contributed by atoms with Gasteiger partial charge in [-0.1, -0.05) is 0 Å². The molecule has 11 heteroatoms. The van der Waals surface area contributed by atoms with Gasteiger partial charge in [-0.25, -0.2) is 4.79 Å². The van der Waals surface area contributed by atoms with E-state index in [1.54, 1.807) is 0 Å². The third-order valence-corrected chi connectivity index (χ3v) is 1.79. The summed E-state index contributed by atoms with van der Waals surface area (Å²) in [5.41, 5.74) is 0. The topological polar surface area (TPSA) is 35.5 Å². The van der Waals surface area contributed by atoms with Crippen LogP contribution >= 0.6 is 0 Å². The number of alkyl halides is 8. The lowest BCUT2D eigenvalue weighted by molar-refractivity contribution is -0.481. The third-order valence-electron chi connectivity index (χ3n) is 1.79. The van der Waals surface area contributed by atoms with Crippen molar-refractivity contribution in [2.24, 2.45) is 0 Å². The molecule has 0 radical (unpaired) electrons. The van der Waals surface area contributed by atoms with E-state index in [1.165, 1.54) is 0 Å². The molecule has 0 aromatic rings. The molecule has 0 aromatic heterocycles. The third kappa shape index (κ3) is 1.81. The first-order valence-electron chi connectivity index (χ1n) is 3.72. The highest BCUT2D eigenvalue weighted by molar-refractivity contribution is 5.72. The number of hydrogen-bond acceptors (Lipinski definition) is 3. The van der Waals surface area contributed by atoms with Gasteiger partial charge in [-0.15, -0.1) is 0 Å². The molecule has 1 unspecified atom stereocenters. The maximum atomic E-state index is 13.1. The van der Waals surface area contributed by atoms with E-state index in [9.17, 15) is 39.9 Å². The predicted octanol–water partition coefficient (Wildman–Crippen LogP) is 2.02. The van der Waals surface area contributed by atoms with E-state index in [0.29, 0.717) is 0 Å². The highest BCUT2D eigenvalue weighted by Gasteiger charge is 2.85. The van der Waals surface area contributed by atoms with E-state index in [0.717, 1.165) is 0 Å². The molecular weight excluding hydrogens is 272 g/mol. The molecule has 0 saturated carbocycles. The Labute approximate surface area is 87.3 Å². The number of carbonyl (C=O) groups is 1. The van der Waals surface area contributed by atoms with Gasteiger partial charge in [0, 0.05) is 0 Å². The Bertz CT molecular complexity index is 335. The summed E-state index contributed by atoms with van der Waals surface area (Å²) in [6.45, 7) is -1.79.